The minimum absolute atomic E-state index is 0.0314. The molecule has 17 heavy (non-hydrogen) atoms. The van der Waals surface area contributed by atoms with Gasteiger partial charge in [0.05, 0.1) is 6.54 Å². The van der Waals surface area contributed by atoms with Crippen molar-refractivity contribution in [3.05, 3.63) is 29.8 Å². The Morgan fingerprint density at radius 2 is 2.29 bits per heavy atom. The summed E-state index contributed by atoms with van der Waals surface area (Å²) >= 11 is 3.23. The molecule has 0 aliphatic rings. The topological polar surface area (TPSA) is 38.3 Å². The van der Waals surface area contributed by atoms with E-state index >= 15 is 0 Å². The summed E-state index contributed by atoms with van der Waals surface area (Å²) in [5.74, 6) is 0.883. The number of amides is 1. The van der Waals surface area contributed by atoms with Crippen molar-refractivity contribution < 1.29 is 9.53 Å². The van der Waals surface area contributed by atoms with E-state index in [1.165, 1.54) is 0 Å². The molecule has 1 unspecified atom stereocenters. The second kappa shape index (κ2) is 7.33. The molecule has 1 aromatic rings. The maximum atomic E-state index is 11.3. The van der Waals surface area contributed by atoms with Crippen LogP contribution in [0.5, 0.6) is 5.75 Å². The van der Waals surface area contributed by atoms with Crippen molar-refractivity contribution in [2.24, 2.45) is 0 Å². The number of aryl methyl sites for hydroxylation is 1. The summed E-state index contributed by atoms with van der Waals surface area (Å²) in [5.41, 5.74) is 1.16. The first-order chi connectivity index (χ1) is 8.11. The Hall–Kier alpha value is -1.03. The summed E-state index contributed by atoms with van der Waals surface area (Å²) in [6, 6.07) is 7.89. The molecule has 3 nitrogen and oxygen atoms in total. The molecular formula is C13H18BrNO2. The molecule has 0 aliphatic carbocycles. The Morgan fingerprint density at radius 3 is 2.94 bits per heavy atom. The van der Waals surface area contributed by atoms with E-state index in [0.717, 1.165) is 11.3 Å². The van der Waals surface area contributed by atoms with Crippen LogP contribution in [-0.2, 0) is 4.79 Å². The zero-order valence-corrected chi connectivity index (χ0v) is 11.8. The number of hydrogen-bond donors (Lipinski definition) is 1. The number of ether oxygens (including phenoxy) is 1. The van der Waals surface area contributed by atoms with Crippen molar-refractivity contribution in [3.63, 3.8) is 0 Å². The average molecular weight is 300 g/mol. The molecule has 0 heterocycles. The first kappa shape index (κ1) is 14.0. The summed E-state index contributed by atoms with van der Waals surface area (Å²) in [6.07, 6.45) is 0.466. The second-order valence-electron chi connectivity index (χ2n) is 3.99. The number of halogens is 1. The van der Waals surface area contributed by atoms with Crippen LogP contribution in [0.3, 0.4) is 0 Å². The molecule has 94 valence electrons. The van der Waals surface area contributed by atoms with Crippen molar-refractivity contribution in [1.82, 2.24) is 5.32 Å². The smallest absolute Gasteiger partial charge is 0.220 e. The zero-order valence-electron chi connectivity index (χ0n) is 10.2. The molecular weight excluding hydrogens is 282 g/mol. The second-order valence-corrected chi connectivity index (χ2v) is 4.78. The predicted octanol–water partition coefficient (Wildman–Crippen LogP) is 2.66. The summed E-state index contributed by atoms with van der Waals surface area (Å²) in [4.78, 5) is 11.3. The minimum Gasteiger partial charge on any atom is -0.489 e. The van der Waals surface area contributed by atoms with Crippen molar-refractivity contribution in [3.8, 4) is 5.75 Å². The minimum atomic E-state index is -0.0314. The SMILES string of the molecule is Cc1cccc(OC(C)CNC(=O)CCBr)c1. The van der Waals surface area contributed by atoms with Crippen LogP contribution in [0.2, 0.25) is 0 Å². The number of rotatable bonds is 6. The van der Waals surface area contributed by atoms with Gasteiger partial charge in [0.1, 0.15) is 11.9 Å². The third-order valence-electron chi connectivity index (χ3n) is 2.24. The normalized spacial score (nSPS) is 11.9. The van der Waals surface area contributed by atoms with Gasteiger partial charge in [0.15, 0.2) is 0 Å². The number of alkyl halides is 1. The highest BCUT2D eigenvalue weighted by Crippen LogP contribution is 2.13. The quantitative estimate of drug-likeness (QED) is 0.820. The maximum absolute atomic E-state index is 11.3. The van der Waals surface area contributed by atoms with Crippen LogP contribution >= 0.6 is 15.9 Å². The summed E-state index contributed by atoms with van der Waals surface area (Å²) < 4.78 is 5.70. The van der Waals surface area contributed by atoms with E-state index in [1.807, 2.05) is 38.1 Å². The number of benzene rings is 1. The Morgan fingerprint density at radius 1 is 1.53 bits per heavy atom. The van der Waals surface area contributed by atoms with Gasteiger partial charge in [-0.2, -0.15) is 0 Å². The van der Waals surface area contributed by atoms with Crippen LogP contribution in [0.1, 0.15) is 18.9 Å². The Kier molecular flexibility index (Phi) is 6.05. The van der Waals surface area contributed by atoms with Crippen molar-refractivity contribution in [2.45, 2.75) is 26.4 Å². The lowest BCUT2D eigenvalue weighted by Gasteiger charge is -2.15. The van der Waals surface area contributed by atoms with Gasteiger partial charge >= 0.3 is 0 Å². The van der Waals surface area contributed by atoms with Gasteiger partial charge in [-0.1, -0.05) is 28.1 Å². The number of hydrogen-bond acceptors (Lipinski definition) is 2. The highest BCUT2D eigenvalue weighted by atomic mass is 79.9. The molecule has 1 aromatic carbocycles. The lowest BCUT2D eigenvalue weighted by molar-refractivity contribution is -0.121. The van der Waals surface area contributed by atoms with Gasteiger partial charge < -0.3 is 10.1 Å². The van der Waals surface area contributed by atoms with E-state index in [4.69, 9.17) is 4.74 Å². The fraction of sp³-hybridized carbons (Fsp3) is 0.462. The van der Waals surface area contributed by atoms with E-state index in [2.05, 4.69) is 21.2 Å². The van der Waals surface area contributed by atoms with Crippen LogP contribution in [0, 0.1) is 6.92 Å². The third kappa shape index (κ3) is 5.73. The lowest BCUT2D eigenvalue weighted by Crippen LogP contribution is -2.33. The van der Waals surface area contributed by atoms with Crippen LogP contribution in [-0.4, -0.2) is 23.9 Å². The first-order valence-corrected chi connectivity index (χ1v) is 6.80. The standard InChI is InChI=1S/C13H18BrNO2/c1-10-4-3-5-12(8-10)17-11(2)9-15-13(16)6-7-14/h3-5,8,11H,6-7,9H2,1-2H3,(H,15,16). The molecule has 0 saturated heterocycles. The van der Waals surface area contributed by atoms with Crippen molar-refractivity contribution in [1.29, 1.82) is 0 Å². The molecule has 0 aromatic heterocycles. The summed E-state index contributed by atoms with van der Waals surface area (Å²) in [6.45, 7) is 4.49. The average Bonchev–Trinajstić information content (AvgIpc) is 2.27. The van der Waals surface area contributed by atoms with E-state index in [1.54, 1.807) is 0 Å². The van der Waals surface area contributed by atoms with Crippen LogP contribution in [0.15, 0.2) is 24.3 Å². The largest absolute Gasteiger partial charge is 0.489 e. The van der Waals surface area contributed by atoms with Gasteiger partial charge in [-0.15, -0.1) is 0 Å². The van der Waals surface area contributed by atoms with E-state index in [-0.39, 0.29) is 12.0 Å². The van der Waals surface area contributed by atoms with E-state index in [9.17, 15) is 4.79 Å². The van der Waals surface area contributed by atoms with E-state index in [0.29, 0.717) is 18.3 Å². The monoisotopic (exact) mass is 299 g/mol. The van der Waals surface area contributed by atoms with Crippen molar-refractivity contribution >= 4 is 21.8 Å². The molecule has 1 atom stereocenters. The highest BCUT2D eigenvalue weighted by molar-refractivity contribution is 9.09. The van der Waals surface area contributed by atoms with Crippen LogP contribution in [0.25, 0.3) is 0 Å². The fourth-order valence-electron chi connectivity index (χ4n) is 1.39. The highest BCUT2D eigenvalue weighted by Gasteiger charge is 2.06. The summed E-state index contributed by atoms with van der Waals surface area (Å²) in [7, 11) is 0. The molecule has 0 fully saturated rings. The Bertz CT molecular complexity index is 368. The Labute approximate surface area is 111 Å². The predicted molar refractivity (Wildman–Crippen MR) is 72.7 cm³/mol. The number of nitrogens with one attached hydrogen (secondary N) is 1. The summed E-state index contributed by atoms with van der Waals surface area (Å²) in [5, 5.41) is 3.51. The lowest BCUT2D eigenvalue weighted by atomic mass is 10.2. The molecule has 0 bridgehead atoms. The van der Waals surface area contributed by atoms with Gasteiger partial charge in [0.25, 0.3) is 0 Å². The molecule has 1 N–H and O–H groups in total. The van der Waals surface area contributed by atoms with Gasteiger partial charge in [-0.25, -0.2) is 0 Å². The molecule has 0 saturated carbocycles. The number of carbonyl (C=O) groups is 1. The molecule has 1 amide bonds. The molecule has 0 spiro atoms. The van der Waals surface area contributed by atoms with Gasteiger partial charge in [0, 0.05) is 11.8 Å². The first-order valence-electron chi connectivity index (χ1n) is 5.68. The molecule has 0 radical (unpaired) electrons. The van der Waals surface area contributed by atoms with Crippen LogP contribution in [0.4, 0.5) is 0 Å². The van der Waals surface area contributed by atoms with Gasteiger partial charge in [-0.3, -0.25) is 4.79 Å². The van der Waals surface area contributed by atoms with Gasteiger partial charge in [0.2, 0.25) is 5.91 Å². The van der Waals surface area contributed by atoms with Gasteiger partial charge in [-0.05, 0) is 31.5 Å². The van der Waals surface area contributed by atoms with Crippen molar-refractivity contribution in [2.75, 3.05) is 11.9 Å². The Balaban J connectivity index is 2.34. The third-order valence-corrected chi connectivity index (χ3v) is 2.63. The fourth-order valence-corrected chi connectivity index (χ4v) is 1.75. The molecule has 4 heteroatoms. The number of carbonyl (C=O) groups excluding carboxylic acids is 1. The maximum Gasteiger partial charge on any atom is 0.220 e. The van der Waals surface area contributed by atoms with E-state index < -0.39 is 0 Å². The van der Waals surface area contributed by atoms with Crippen LogP contribution < -0.4 is 10.1 Å². The molecule has 1 rings (SSSR count). The zero-order chi connectivity index (χ0) is 12.7. The molecule has 0 aliphatic heterocycles.